The van der Waals surface area contributed by atoms with Crippen molar-refractivity contribution in [3.8, 4) is 0 Å². The summed E-state index contributed by atoms with van der Waals surface area (Å²) in [5, 5.41) is 11.2. The smallest absolute Gasteiger partial charge is 0.258 e. The van der Waals surface area contributed by atoms with E-state index in [9.17, 15) is 61.7 Å². The van der Waals surface area contributed by atoms with Gasteiger partial charge >= 0.3 is 31.1 Å². The SMILES string of the molecule is CC1(C)CC(N(S(=O)(=O)C(F)(F)F)S(=O)(=O)C(F)(F)F)CN(S(=O)(=O)c2ccccc2[N+](=O)[O-])C1. The monoisotopic (exact) mass is 577 g/mol. The summed E-state index contributed by atoms with van der Waals surface area (Å²) in [6, 6.07) is 0.984. The molecule has 0 aromatic heterocycles. The number of para-hydroxylation sites is 1. The molecule has 1 aromatic rings. The highest BCUT2D eigenvalue weighted by atomic mass is 32.3. The second-order valence-electron chi connectivity index (χ2n) is 8.17. The van der Waals surface area contributed by atoms with E-state index >= 15 is 0 Å². The van der Waals surface area contributed by atoms with Crippen LogP contribution in [0.1, 0.15) is 20.3 Å². The lowest BCUT2D eigenvalue weighted by molar-refractivity contribution is -0.387. The molecule has 20 heteroatoms. The molecular weight excluding hydrogens is 560 g/mol. The minimum absolute atomic E-state index is 0.217. The zero-order chi connectivity index (χ0) is 27.4. The highest BCUT2D eigenvalue weighted by Gasteiger charge is 2.64. The van der Waals surface area contributed by atoms with Crippen LogP contribution in [-0.2, 0) is 30.1 Å². The molecule has 0 radical (unpaired) electrons. The minimum atomic E-state index is -7.19. The Kier molecular flexibility index (Phi) is 7.36. The minimum Gasteiger partial charge on any atom is -0.258 e. The van der Waals surface area contributed by atoms with Crippen molar-refractivity contribution in [3.05, 3.63) is 34.4 Å². The number of hydrogen-bond acceptors (Lipinski definition) is 8. The highest BCUT2D eigenvalue weighted by Crippen LogP contribution is 2.42. The summed E-state index contributed by atoms with van der Waals surface area (Å²) in [5.74, 6) is 0. The first kappa shape index (κ1) is 29.2. The third kappa shape index (κ3) is 5.39. The van der Waals surface area contributed by atoms with E-state index in [1.807, 2.05) is 0 Å². The lowest BCUT2D eigenvalue weighted by atomic mass is 9.83. The van der Waals surface area contributed by atoms with Crippen LogP contribution in [0.3, 0.4) is 0 Å². The summed E-state index contributed by atoms with van der Waals surface area (Å²) in [6.45, 7) is 0.172. The molecule has 0 bridgehead atoms. The molecule has 2 rings (SSSR count). The van der Waals surface area contributed by atoms with E-state index in [0.29, 0.717) is 0 Å². The molecule has 0 N–H and O–H groups in total. The van der Waals surface area contributed by atoms with Crippen molar-refractivity contribution in [1.29, 1.82) is 0 Å². The van der Waals surface area contributed by atoms with Gasteiger partial charge in [0.2, 0.25) is 10.0 Å². The Morgan fingerprint density at radius 2 is 1.43 bits per heavy atom. The Balaban J connectivity index is 2.75. The zero-order valence-electron chi connectivity index (χ0n) is 17.6. The average Bonchev–Trinajstić information content (AvgIpc) is 2.64. The molecule has 0 spiro atoms. The van der Waals surface area contributed by atoms with E-state index in [-0.39, 0.29) is 4.31 Å². The quantitative estimate of drug-likeness (QED) is 0.284. The zero-order valence-corrected chi connectivity index (χ0v) is 20.1. The van der Waals surface area contributed by atoms with Gasteiger partial charge in [-0.05, 0) is 17.9 Å². The molecular formula is C15H17F6N3O8S3. The summed E-state index contributed by atoms with van der Waals surface area (Å²) in [6.07, 6.45) is -0.930. The number of nitrogens with zero attached hydrogens (tertiary/aromatic N) is 3. The number of sulfonamides is 3. The van der Waals surface area contributed by atoms with Crippen LogP contribution in [0.15, 0.2) is 29.2 Å². The van der Waals surface area contributed by atoms with Gasteiger partial charge in [-0.3, -0.25) is 10.1 Å². The standard InChI is InChI=1S/C15H17F6N3O8S3/c1-13(2)7-10(24(34(29,30)14(16,17)18)35(31,32)15(19,20)21)8-22(9-13)33(27,28)12-6-4-3-5-11(12)23(25)26/h3-6,10H,7-9H2,1-2H3. The van der Waals surface area contributed by atoms with Crippen molar-refractivity contribution in [3.63, 3.8) is 0 Å². The Morgan fingerprint density at radius 3 is 1.86 bits per heavy atom. The fraction of sp³-hybridized carbons (Fsp3) is 0.600. The van der Waals surface area contributed by atoms with Gasteiger partial charge in [-0.1, -0.05) is 29.7 Å². The predicted octanol–water partition coefficient (Wildman–Crippen LogP) is 2.39. The van der Waals surface area contributed by atoms with Crippen LogP contribution < -0.4 is 0 Å². The molecule has 1 fully saturated rings. The summed E-state index contributed by atoms with van der Waals surface area (Å²) in [7, 11) is -19.4. The third-order valence-electron chi connectivity index (χ3n) is 4.84. The molecule has 1 aliphatic rings. The van der Waals surface area contributed by atoms with Crippen LogP contribution in [0.2, 0.25) is 0 Å². The topological polar surface area (TPSA) is 152 Å². The van der Waals surface area contributed by atoms with Crippen LogP contribution in [0, 0.1) is 15.5 Å². The van der Waals surface area contributed by atoms with Gasteiger partial charge in [0.05, 0.1) is 11.0 Å². The molecule has 1 heterocycles. The fourth-order valence-corrected chi connectivity index (χ4v) is 8.40. The van der Waals surface area contributed by atoms with Crippen LogP contribution in [-0.4, -0.2) is 68.3 Å². The molecule has 200 valence electrons. The first-order chi connectivity index (χ1) is 15.5. The Labute approximate surface area is 195 Å². The fourth-order valence-electron chi connectivity index (χ4n) is 3.56. The summed E-state index contributed by atoms with van der Waals surface area (Å²) in [5.41, 5.74) is -15.5. The molecule has 1 aromatic carbocycles. The van der Waals surface area contributed by atoms with Crippen molar-refractivity contribution >= 4 is 35.8 Å². The number of benzene rings is 1. The van der Waals surface area contributed by atoms with Gasteiger partial charge in [0.25, 0.3) is 5.69 Å². The van der Waals surface area contributed by atoms with Crippen molar-refractivity contribution in [1.82, 2.24) is 8.02 Å². The number of nitro groups is 1. The number of halogens is 6. The van der Waals surface area contributed by atoms with Gasteiger partial charge in [0.15, 0.2) is 4.90 Å². The first-order valence-electron chi connectivity index (χ1n) is 9.12. The second-order valence-corrected chi connectivity index (χ2v) is 13.9. The van der Waals surface area contributed by atoms with E-state index in [2.05, 4.69) is 0 Å². The van der Waals surface area contributed by atoms with Gasteiger partial charge in [0.1, 0.15) is 0 Å². The molecule has 1 saturated heterocycles. The van der Waals surface area contributed by atoms with E-state index < -0.39 is 91.3 Å². The largest absolute Gasteiger partial charge is 0.512 e. The Bertz CT molecular complexity index is 1280. The maximum atomic E-state index is 13.2. The van der Waals surface area contributed by atoms with Gasteiger partial charge in [-0.15, -0.1) is 0 Å². The van der Waals surface area contributed by atoms with E-state index in [1.54, 1.807) is 0 Å². The normalized spacial score (nSPS) is 20.7. The lowest BCUT2D eigenvalue weighted by Crippen LogP contribution is -2.61. The molecule has 1 atom stereocenters. The summed E-state index contributed by atoms with van der Waals surface area (Å²) < 4.78 is 152. The van der Waals surface area contributed by atoms with Crippen molar-refractivity contribution in [2.45, 2.75) is 42.2 Å². The molecule has 0 amide bonds. The van der Waals surface area contributed by atoms with Crippen LogP contribution in [0.5, 0.6) is 0 Å². The number of nitro benzene ring substituents is 1. The van der Waals surface area contributed by atoms with Crippen LogP contribution in [0.25, 0.3) is 0 Å². The maximum Gasteiger partial charge on any atom is 0.512 e. The molecule has 0 aliphatic carbocycles. The molecule has 0 saturated carbocycles. The van der Waals surface area contributed by atoms with E-state index in [0.717, 1.165) is 38.1 Å². The van der Waals surface area contributed by atoms with Crippen molar-refractivity contribution in [2.24, 2.45) is 5.41 Å². The van der Waals surface area contributed by atoms with Crippen LogP contribution in [0.4, 0.5) is 32.0 Å². The summed E-state index contributed by atoms with van der Waals surface area (Å²) in [4.78, 5) is 9.16. The number of piperidine rings is 1. The van der Waals surface area contributed by atoms with Crippen LogP contribution >= 0.6 is 0 Å². The average molecular weight is 578 g/mol. The molecule has 1 unspecified atom stereocenters. The van der Waals surface area contributed by atoms with Gasteiger partial charge < -0.3 is 0 Å². The summed E-state index contributed by atoms with van der Waals surface area (Å²) >= 11 is 0. The van der Waals surface area contributed by atoms with E-state index in [1.165, 1.54) is 0 Å². The van der Waals surface area contributed by atoms with Crippen molar-refractivity contribution in [2.75, 3.05) is 13.1 Å². The van der Waals surface area contributed by atoms with Gasteiger partial charge in [-0.25, -0.2) is 25.3 Å². The Morgan fingerprint density at radius 1 is 0.971 bits per heavy atom. The molecule has 1 aliphatic heterocycles. The number of rotatable bonds is 6. The lowest BCUT2D eigenvalue weighted by Gasteiger charge is -2.44. The third-order valence-corrected chi connectivity index (χ3v) is 10.6. The number of hydrogen-bond donors (Lipinski definition) is 0. The van der Waals surface area contributed by atoms with E-state index in [4.69, 9.17) is 0 Å². The van der Waals surface area contributed by atoms with Crippen molar-refractivity contribution < 1.29 is 56.5 Å². The Hall–Kier alpha value is -2.03. The van der Waals surface area contributed by atoms with Gasteiger partial charge in [0, 0.05) is 19.2 Å². The molecule has 11 nitrogen and oxygen atoms in total. The first-order valence-corrected chi connectivity index (χ1v) is 13.4. The highest BCUT2D eigenvalue weighted by molar-refractivity contribution is 8.04. The number of alkyl halides is 6. The second kappa shape index (κ2) is 8.82. The maximum absolute atomic E-state index is 13.2. The predicted molar refractivity (Wildman–Crippen MR) is 106 cm³/mol. The van der Waals surface area contributed by atoms with Gasteiger partial charge in [-0.2, -0.15) is 30.6 Å². The molecule has 35 heavy (non-hydrogen) atoms.